The molecule has 1 amide bonds. The zero-order chi connectivity index (χ0) is 15.9. The Balaban J connectivity index is 1.68. The molecule has 0 atom stereocenters. The van der Waals surface area contributed by atoms with Crippen LogP contribution in [-0.4, -0.2) is 22.8 Å². The number of aryl methyl sites for hydroxylation is 2. The molecule has 1 aliphatic rings. The summed E-state index contributed by atoms with van der Waals surface area (Å²) in [6.45, 7) is 4.13. The predicted octanol–water partition coefficient (Wildman–Crippen LogP) is 2.83. The zero-order valence-electron chi connectivity index (χ0n) is 13.1. The van der Waals surface area contributed by atoms with Crippen molar-refractivity contribution in [3.8, 4) is 0 Å². The fourth-order valence-electron chi connectivity index (χ4n) is 2.56. The first-order valence-corrected chi connectivity index (χ1v) is 8.99. The molecule has 2 rings (SSSR count). The predicted molar refractivity (Wildman–Crippen MR) is 95.9 cm³/mol. The second kappa shape index (κ2) is 8.39. The van der Waals surface area contributed by atoms with Gasteiger partial charge in [0, 0.05) is 10.9 Å². The minimum absolute atomic E-state index is 0.0828. The summed E-state index contributed by atoms with van der Waals surface area (Å²) < 4.78 is 0. The molecule has 1 aromatic rings. The smallest absolute Gasteiger partial charge is 0.248 e. The minimum Gasteiger partial charge on any atom is -0.359 e. The standard InChI is InChI=1S/C16H23N3OS2/c1-11-7-8-14(12(2)9-11)22-10-15(20)18-19-16(21)17-13-5-3-4-6-13/h7-9,13H,3-6,10H2,1-2H3,(H,18,20)(H2,17,19,21). The van der Waals surface area contributed by atoms with Crippen LogP contribution in [0.25, 0.3) is 0 Å². The molecule has 6 heteroatoms. The Kier molecular flexibility index (Phi) is 6.51. The maximum Gasteiger partial charge on any atom is 0.248 e. The molecule has 0 aromatic heterocycles. The Morgan fingerprint density at radius 3 is 2.68 bits per heavy atom. The Hall–Kier alpha value is -1.27. The summed E-state index contributed by atoms with van der Waals surface area (Å²) in [6.07, 6.45) is 4.80. The van der Waals surface area contributed by atoms with Crippen LogP contribution in [0.4, 0.5) is 0 Å². The first-order valence-electron chi connectivity index (χ1n) is 7.60. The van der Waals surface area contributed by atoms with E-state index in [4.69, 9.17) is 12.2 Å². The summed E-state index contributed by atoms with van der Waals surface area (Å²) in [4.78, 5) is 13.0. The van der Waals surface area contributed by atoms with E-state index < -0.39 is 0 Å². The number of hydrazine groups is 1. The van der Waals surface area contributed by atoms with Crippen molar-refractivity contribution < 1.29 is 4.79 Å². The monoisotopic (exact) mass is 337 g/mol. The third-order valence-corrected chi connectivity index (χ3v) is 5.09. The number of thioether (sulfide) groups is 1. The maximum atomic E-state index is 11.9. The number of carbonyl (C=O) groups excluding carboxylic acids is 1. The van der Waals surface area contributed by atoms with Gasteiger partial charge in [-0.05, 0) is 50.5 Å². The molecule has 1 aromatic carbocycles. The fourth-order valence-corrected chi connectivity index (χ4v) is 3.59. The van der Waals surface area contributed by atoms with Gasteiger partial charge >= 0.3 is 0 Å². The van der Waals surface area contributed by atoms with E-state index in [1.54, 1.807) is 0 Å². The van der Waals surface area contributed by atoms with Crippen molar-refractivity contribution >= 4 is 35.0 Å². The normalized spacial score (nSPS) is 14.6. The van der Waals surface area contributed by atoms with Gasteiger partial charge < -0.3 is 5.32 Å². The third-order valence-electron chi connectivity index (χ3n) is 3.70. The minimum atomic E-state index is -0.0828. The van der Waals surface area contributed by atoms with Gasteiger partial charge in [-0.2, -0.15) is 0 Å². The number of hydrogen-bond donors (Lipinski definition) is 3. The molecule has 0 aliphatic heterocycles. The number of nitrogens with one attached hydrogen (secondary N) is 3. The molecule has 3 N–H and O–H groups in total. The molecule has 0 heterocycles. The van der Waals surface area contributed by atoms with Crippen LogP contribution in [0.3, 0.4) is 0 Å². The van der Waals surface area contributed by atoms with Gasteiger partial charge in [0.25, 0.3) is 0 Å². The average molecular weight is 338 g/mol. The summed E-state index contributed by atoms with van der Waals surface area (Å²) in [5.74, 6) is 0.281. The second-order valence-electron chi connectivity index (χ2n) is 5.69. The highest BCUT2D eigenvalue weighted by Crippen LogP contribution is 2.22. The number of carbonyl (C=O) groups is 1. The Morgan fingerprint density at radius 1 is 1.27 bits per heavy atom. The highest BCUT2D eigenvalue weighted by Gasteiger charge is 2.15. The summed E-state index contributed by atoms with van der Waals surface area (Å²) in [7, 11) is 0. The highest BCUT2D eigenvalue weighted by atomic mass is 32.2. The SMILES string of the molecule is Cc1ccc(SCC(=O)NNC(=S)NC2CCCC2)c(C)c1. The van der Waals surface area contributed by atoms with Crippen LogP contribution in [0.5, 0.6) is 0 Å². The first kappa shape index (κ1) is 17.1. The van der Waals surface area contributed by atoms with E-state index in [0.717, 1.165) is 17.7 Å². The van der Waals surface area contributed by atoms with E-state index in [0.29, 0.717) is 16.9 Å². The summed E-state index contributed by atoms with van der Waals surface area (Å²) in [5.41, 5.74) is 7.85. The lowest BCUT2D eigenvalue weighted by Crippen LogP contribution is -2.49. The molecule has 0 unspecified atom stereocenters. The van der Waals surface area contributed by atoms with Crippen molar-refractivity contribution in [1.82, 2.24) is 16.2 Å². The molecular weight excluding hydrogens is 314 g/mol. The van der Waals surface area contributed by atoms with Crippen LogP contribution in [0.15, 0.2) is 23.1 Å². The van der Waals surface area contributed by atoms with Crippen molar-refractivity contribution in [2.75, 3.05) is 5.75 Å². The van der Waals surface area contributed by atoms with E-state index in [9.17, 15) is 4.79 Å². The molecule has 1 aliphatic carbocycles. The van der Waals surface area contributed by atoms with Gasteiger partial charge in [0.2, 0.25) is 5.91 Å². The molecular formula is C16H23N3OS2. The van der Waals surface area contributed by atoms with Gasteiger partial charge in [-0.1, -0.05) is 30.5 Å². The molecule has 1 fully saturated rings. The van der Waals surface area contributed by atoms with Gasteiger partial charge in [-0.15, -0.1) is 11.8 Å². The number of benzene rings is 1. The fraction of sp³-hybridized carbons (Fsp3) is 0.500. The molecule has 0 bridgehead atoms. The summed E-state index contributed by atoms with van der Waals surface area (Å²) >= 11 is 6.71. The lowest BCUT2D eigenvalue weighted by atomic mass is 10.2. The third kappa shape index (κ3) is 5.50. The highest BCUT2D eigenvalue weighted by molar-refractivity contribution is 8.00. The Labute approximate surface area is 141 Å². The lowest BCUT2D eigenvalue weighted by molar-refractivity contribution is -0.119. The van der Waals surface area contributed by atoms with Gasteiger partial charge in [0.15, 0.2) is 5.11 Å². The number of amides is 1. The number of thiocarbonyl (C=S) groups is 1. The van der Waals surface area contributed by atoms with Gasteiger partial charge in [-0.3, -0.25) is 15.6 Å². The second-order valence-corrected chi connectivity index (χ2v) is 7.11. The van der Waals surface area contributed by atoms with E-state index in [1.165, 1.54) is 35.7 Å². The summed E-state index contributed by atoms with van der Waals surface area (Å²) in [6, 6.07) is 6.69. The molecule has 0 spiro atoms. The van der Waals surface area contributed by atoms with Crippen LogP contribution >= 0.6 is 24.0 Å². The molecule has 120 valence electrons. The quantitative estimate of drug-likeness (QED) is 0.448. The molecule has 1 saturated carbocycles. The summed E-state index contributed by atoms with van der Waals surface area (Å²) in [5, 5.41) is 3.72. The van der Waals surface area contributed by atoms with Crippen molar-refractivity contribution in [1.29, 1.82) is 0 Å². The average Bonchev–Trinajstić information content (AvgIpc) is 2.97. The first-order chi connectivity index (χ1) is 10.5. The van der Waals surface area contributed by atoms with Crippen molar-refractivity contribution in [2.45, 2.75) is 50.5 Å². The largest absolute Gasteiger partial charge is 0.359 e. The van der Waals surface area contributed by atoms with Crippen LogP contribution < -0.4 is 16.2 Å². The number of hydrogen-bond acceptors (Lipinski definition) is 3. The van der Waals surface area contributed by atoms with Gasteiger partial charge in [-0.25, -0.2) is 0 Å². The molecule has 4 nitrogen and oxygen atoms in total. The zero-order valence-corrected chi connectivity index (χ0v) is 14.7. The van der Waals surface area contributed by atoms with E-state index in [2.05, 4.69) is 48.2 Å². The number of rotatable bonds is 4. The van der Waals surface area contributed by atoms with Gasteiger partial charge in [0.1, 0.15) is 0 Å². The van der Waals surface area contributed by atoms with Gasteiger partial charge in [0.05, 0.1) is 5.75 Å². The van der Waals surface area contributed by atoms with Crippen LogP contribution in [0.2, 0.25) is 0 Å². The van der Waals surface area contributed by atoms with Crippen LogP contribution in [0, 0.1) is 13.8 Å². The van der Waals surface area contributed by atoms with Crippen LogP contribution in [-0.2, 0) is 4.79 Å². The van der Waals surface area contributed by atoms with Crippen molar-refractivity contribution in [3.05, 3.63) is 29.3 Å². The lowest BCUT2D eigenvalue weighted by Gasteiger charge is -2.16. The van der Waals surface area contributed by atoms with Crippen molar-refractivity contribution in [2.24, 2.45) is 0 Å². The van der Waals surface area contributed by atoms with Crippen LogP contribution in [0.1, 0.15) is 36.8 Å². The van der Waals surface area contributed by atoms with Crippen molar-refractivity contribution in [3.63, 3.8) is 0 Å². The van der Waals surface area contributed by atoms with E-state index in [-0.39, 0.29) is 5.91 Å². The van der Waals surface area contributed by atoms with E-state index in [1.807, 2.05) is 0 Å². The Morgan fingerprint density at radius 2 is 2.00 bits per heavy atom. The molecule has 22 heavy (non-hydrogen) atoms. The molecule has 0 saturated heterocycles. The molecule has 0 radical (unpaired) electrons. The van der Waals surface area contributed by atoms with E-state index >= 15 is 0 Å². The maximum absolute atomic E-state index is 11.9. The topological polar surface area (TPSA) is 53.2 Å². The Bertz CT molecular complexity index is 542.